The minimum atomic E-state index is -0.355. The van der Waals surface area contributed by atoms with Crippen LogP contribution >= 0.6 is 0 Å². The first kappa shape index (κ1) is 17.4. The van der Waals surface area contributed by atoms with E-state index in [1.165, 1.54) is 12.2 Å². The van der Waals surface area contributed by atoms with Crippen LogP contribution in [0, 0.1) is 5.92 Å². The zero-order chi connectivity index (χ0) is 15.7. The molecule has 1 rings (SSSR count). The van der Waals surface area contributed by atoms with Crippen molar-refractivity contribution < 1.29 is 19.1 Å². The molecule has 0 aromatic carbocycles. The van der Waals surface area contributed by atoms with Crippen molar-refractivity contribution in [2.45, 2.75) is 33.1 Å². The number of imide groups is 1. The Balaban J connectivity index is 2.02. The molecule has 0 saturated carbocycles. The number of nitrogens with zero attached hydrogens (tertiary/aromatic N) is 1. The number of hydrogen-bond donors (Lipinski definition) is 1. The number of ether oxygens (including phenoxy) is 1. The van der Waals surface area contributed by atoms with Gasteiger partial charge in [-0.1, -0.05) is 20.3 Å². The smallest absolute Gasteiger partial charge is 0.253 e. The van der Waals surface area contributed by atoms with Crippen LogP contribution in [0.2, 0.25) is 0 Å². The molecule has 6 heteroatoms. The van der Waals surface area contributed by atoms with Crippen molar-refractivity contribution in [1.82, 2.24) is 10.2 Å². The highest BCUT2D eigenvalue weighted by Gasteiger charge is 2.23. The molecule has 1 aliphatic heterocycles. The van der Waals surface area contributed by atoms with Crippen LogP contribution in [0.3, 0.4) is 0 Å². The number of carbonyl (C=O) groups excluding carboxylic acids is 3. The van der Waals surface area contributed by atoms with Gasteiger partial charge in [-0.25, -0.2) is 0 Å². The lowest BCUT2D eigenvalue weighted by atomic mass is 10.1. The van der Waals surface area contributed by atoms with Gasteiger partial charge in [0.15, 0.2) is 0 Å². The Morgan fingerprint density at radius 3 is 2.62 bits per heavy atom. The van der Waals surface area contributed by atoms with Crippen molar-refractivity contribution in [2.24, 2.45) is 5.92 Å². The zero-order valence-electron chi connectivity index (χ0n) is 12.8. The molecule has 0 spiro atoms. The van der Waals surface area contributed by atoms with Crippen molar-refractivity contribution in [3.8, 4) is 0 Å². The Bertz CT molecular complexity index is 388. The van der Waals surface area contributed by atoms with Gasteiger partial charge in [0, 0.05) is 44.9 Å². The maximum Gasteiger partial charge on any atom is 0.253 e. The van der Waals surface area contributed by atoms with E-state index in [1.807, 2.05) is 0 Å². The molecule has 1 N–H and O–H groups in total. The van der Waals surface area contributed by atoms with Gasteiger partial charge in [-0.05, 0) is 12.3 Å². The molecule has 118 valence electrons. The number of amides is 3. The van der Waals surface area contributed by atoms with E-state index >= 15 is 0 Å². The first-order valence-electron chi connectivity index (χ1n) is 7.42. The fourth-order valence-electron chi connectivity index (χ4n) is 1.76. The Morgan fingerprint density at radius 2 is 2.00 bits per heavy atom. The number of rotatable bonds is 10. The van der Waals surface area contributed by atoms with E-state index in [0.717, 1.165) is 24.3 Å². The normalized spacial score (nSPS) is 15.6. The van der Waals surface area contributed by atoms with Crippen LogP contribution < -0.4 is 5.32 Å². The van der Waals surface area contributed by atoms with Gasteiger partial charge in [-0.15, -0.1) is 0 Å². The zero-order valence-corrected chi connectivity index (χ0v) is 12.8. The lowest BCUT2D eigenvalue weighted by Gasteiger charge is -2.13. The Morgan fingerprint density at radius 1 is 1.33 bits per heavy atom. The molecule has 0 radical (unpaired) electrons. The highest BCUT2D eigenvalue weighted by atomic mass is 16.5. The molecule has 0 bridgehead atoms. The van der Waals surface area contributed by atoms with Gasteiger partial charge >= 0.3 is 0 Å². The summed E-state index contributed by atoms with van der Waals surface area (Å²) in [4.78, 5) is 35.2. The summed E-state index contributed by atoms with van der Waals surface area (Å²) in [6, 6.07) is 0. The molecular weight excluding hydrogens is 272 g/mol. The highest BCUT2D eigenvalue weighted by Crippen LogP contribution is 2.04. The van der Waals surface area contributed by atoms with Gasteiger partial charge < -0.3 is 10.1 Å². The summed E-state index contributed by atoms with van der Waals surface area (Å²) < 4.78 is 5.48. The molecule has 1 heterocycles. The second-order valence-electron chi connectivity index (χ2n) is 5.20. The quantitative estimate of drug-likeness (QED) is 0.479. The van der Waals surface area contributed by atoms with E-state index in [1.54, 1.807) is 0 Å². The van der Waals surface area contributed by atoms with Crippen LogP contribution in [0.4, 0.5) is 0 Å². The third-order valence-electron chi connectivity index (χ3n) is 3.35. The lowest BCUT2D eigenvalue weighted by Crippen LogP contribution is -2.35. The summed E-state index contributed by atoms with van der Waals surface area (Å²) in [6.45, 7) is 6.30. The molecular formula is C15H24N2O4. The molecule has 0 aromatic heterocycles. The van der Waals surface area contributed by atoms with Crippen molar-refractivity contribution in [3.63, 3.8) is 0 Å². The van der Waals surface area contributed by atoms with E-state index in [4.69, 9.17) is 4.74 Å². The predicted molar refractivity (Wildman–Crippen MR) is 78.4 cm³/mol. The minimum absolute atomic E-state index is 0.126. The SMILES string of the molecule is CCC(C)COCCCNC(=O)CCN1C(=O)C=CC1=O. The second-order valence-corrected chi connectivity index (χ2v) is 5.20. The first-order chi connectivity index (χ1) is 10.0. The van der Waals surface area contributed by atoms with Gasteiger partial charge in [-0.2, -0.15) is 0 Å². The topological polar surface area (TPSA) is 75.7 Å². The van der Waals surface area contributed by atoms with Gasteiger partial charge in [0.1, 0.15) is 0 Å². The Hall–Kier alpha value is -1.69. The molecule has 0 aromatic rings. The number of nitrogens with one attached hydrogen (secondary N) is 1. The van der Waals surface area contributed by atoms with Crippen LogP contribution in [-0.4, -0.2) is 48.9 Å². The first-order valence-corrected chi connectivity index (χ1v) is 7.42. The average molecular weight is 296 g/mol. The molecule has 3 amide bonds. The van der Waals surface area contributed by atoms with Crippen molar-refractivity contribution in [1.29, 1.82) is 0 Å². The minimum Gasteiger partial charge on any atom is -0.381 e. The van der Waals surface area contributed by atoms with Crippen LogP contribution in [0.1, 0.15) is 33.1 Å². The van der Waals surface area contributed by atoms with E-state index in [9.17, 15) is 14.4 Å². The Labute approximate surface area is 125 Å². The molecule has 1 unspecified atom stereocenters. The third-order valence-corrected chi connectivity index (χ3v) is 3.35. The fraction of sp³-hybridized carbons (Fsp3) is 0.667. The second kappa shape index (κ2) is 9.28. The standard InChI is InChI=1S/C15H24N2O4/c1-3-12(2)11-21-10-4-8-16-13(18)7-9-17-14(19)5-6-15(17)20/h5-6,12H,3-4,7-11H2,1-2H3,(H,16,18). The van der Waals surface area contributed by atoms with E-state index in [2.05, 4.69) is 19.2 Å². The van der Waals surface area contributed by atoms with Gasteiger partial charge in [0.2, 0.25) is 5.91 Å². The van der Waals surface area contributed by atoms with E-state index < -0.39 is 0 Å². The van der Waals surface area contributed by atoms with Gasteiger partial charge in [0.05, 0.1) is 0 Å². The summed E-state index contributed by atoms with van der Waals surface area (Å²) in [6.07, 6.45) is 4.42. The van der Waals surface area contributed by atoms with Crippen LogP contribution in [0.5, 0.6) is 0 Å². The maximum atomic E-state index is 11.6. The molecule has 6 nitrogen and oxygen atoms in total. The van der Waals surface area contributed by atoms with E-state index in [0.29, 0.717) is 19.1 Å². The van der Waals surface area contributed by atoms with E-state index in [-0.39, 0.29) is 30.7 Å². The Kier molecular flexibility index (Phi) is 7.68. The van der Waals surface area contributed by atoms with Crippen LogP contribution in [0.15, 0.2) is 12.2 Å². The van der Waals surface area contributed by atoms with Gasteiger partial charge in [-0.3, -0.25) is 19.3 Å². The van der Waals surface area contributed by atoms with Crippen molar-refractivity contribution >= 4 is 17.7 Å². The third kappa shape index (κ3) is 6.53. The highest BCUT2D eigenvalue weighted by molar-refractivity contribution is 6.13. The summed E-state index contributed by atoms with van der Waals surface area (Å²) in [5, 5.41) is 2.75. The van der Waals surface area contributed by atoms with Crippen molar-refractivity contribution in [2.75, 3.05) is 26.3 Å². The monoisotopic (exact) mass is 296 g/mol. The molecule has 1 atom stereocenters. The fourth-order valence-corrected chi connectivity index (χ4v) is 1.76. The lowest BCUT2D eigenvalue weighted by molar-refractivity contribution is -0.137. The number of carbonyl (C=O) groups is 3. The van der Waals surface area contributed by atoms with Gasteiger partial charge in [0.25, 0.3) is 11.8 Å². The summed E-state index contributed by atoms with van der Waals surface area (Å²) in [7, 11) is 0. The van der Waals surface area contributed by atoms with Crippen LogP contribution in [-0.2, 0) is 19.1 Å². The molecule has 0 aliphatic carbocycles. The maximum absolute atomic E-state index is 11.6. The summed E-state index contributed by atoms with van der Waals surface area (Å²) >= 11 is 0. The summed E-state index contributed by atoms with van der Waals surface area (Å²) in [5.74, 6) is -0.314. The van der Waals surface area contributed by atoms with Crippen molar-refractivity contribution in [3.05, 3.63) is 12.2 Å². The molecule has 0 saturated heterocycles. The summed E-state index contributed by atoms with van der Waals surface area (Å²) in [5.41, 5.74) is 0. The average Bonchev–Trinajstić information content (AvgIpc) is 2.79. The van der Waals surface area contributed by atoms with Crippen LogP contribution in [0.25, 0.3) is 0 Å². The number of hydrogen-bond acceptors (Lipinski definition) is 4. The largest absolute Gasteiger partial charge is 0.381 e. The predicted octanol–water partition coefficient (Wildman–Crippen LogP) is 0.870. The molecule has 21 heavy (non-hydrogen) atoms. The molecule has 0 fully saturated rings. The molecule has 1 aliphatic rings.